The highest BCUT2D eigenvalue weighted by atomic mass is 16.2. The van der Waals surface area contributed by atoms with Gasteiger partial charge >= 0.3 is 0 Å². The van der Waals surface area contributed by atoms with Gasteiger partial charge in [-0.1, -0.05) is 0 Å². The molecule has 3 aliphatic rings. The van der Waals surface area contributed by atoms with E-state index in [0.29, 0.717) is 18.9 Å². The van der Waals surface area contributed by atoms with Crippen molar-refractivity contribution in [3.8, 4) is 0 Å². The topological polar surface area (TPSA) is 99.5 Å². The molecule has 0 aromatic rings. The number of hydrazine groups is 1. The molecule has 1 saturated heterocycles. The van der Waals surface area contributed by atoms with Crippen LogP contribution in [-0.4, -0.2) is 55.5 Å². The molecule has 7 heteroatoms. The summed E-state index contributed by atoms with van der Waals surface area (Å²) in [6.07, 6.45) is 5.46. The lowest BCUT2D eigenvalue weighted by atomic mass is 9.87. The van der Waals surface area contributed by atoms with E-state index >= 15 is 0 Å². The Balaban J connectivity index is 1.45. The number of rotatable bonds is 8. The smallest absolute Gasteiger partial charge is 0.240 e. The van der Waals surface area contributed by atoms with Crippen molar-refractivity contribution in [1.29, 1.82) is 0 Å². The van der Waals surface area contributed by atoms with Gasteiger partial charge in [0, 0.05) is 23.6 Å². The third-order valence-electron chi connectivity index (χ3n) is 6.69. The molecule has 1 amide bonds. The Morgan fingerprint density at radius 3 is 2.36 bits per heavy atom. The van der Waals surface area contributed by atoms with Gasteiger partial charge in [0.05, 0.1) is 12.1 Å². The Hall–Kier alpha value is -1.44. The summed E-state index contributed by atoms with van der Waals surface area (Å²) in [6.45, 7) is 6.49. The van der Waals surface area contributed by atoms with Crippen LogP contribution in [0.1, 0.15) is 39.5 Å². The third-order valence-corrected chi connectivity index (χ3v) is 6.69. The zero-order valence-electron chi connectivity index (χ0n) is 15.6. The molecule has 3 fully saturated rings. The second kappa shape index (κ2) is 6.37. The van der Waals surface area contributed by atoms with Crippen LogP contribution in [0, 0.1) is 10.8 Å². The first-order valence-corrected chi connectivity index (χ1v) is 9.21. The lowest BCUT2D eigenvalue weighted by Crippen LogP contribution is -2.60. The molecule has 0 atom stereocenters. The molecule has 3 rings (SSSR count). The van der Waals surface area contributed by atoms with Crippen molar-refractivity contribution < 1.29 is 9.59 Å². The number of fused-ring (bicyclic) bond motifs is 1. The predicted octanol–water partition coefficient (Wildman–Crippen LogP) is -0.107. The molecule has 2 saturated carbocycles. The van der Waals surface area contributed by atoms with Crippen LogP contribution in [0.4, 0.5) is 0 Å². The fraction of sp³-hybridized carbons (Fsp3) is 0.778. The minimum Gasteiger partial charge on any atom is -0.353 e. The Labute approximate surface area is 149 Å². The molecular weight excluding hydrogens is 318 g/mol. The zero-order valence-corrected chi connectivity index (χ0v) is 15.6. The molecule has 1 heterocycles. The van der Waals surface area contributed by atoms with Gasteiger partial charge in [0.15, 0.2) is 0 Å². The maximum Gasteiger partial charge on any atom is 0.240 e. The molecule has 140 valence electrons. The van der Waals surface area contributed by atoms with Crippen molar-refractivity contribution in [1.82, 2.24) is 21.0 Å². The van der Waals surface area contributed by atoms with Crippen LogP contribution in [0.2, 0.25) is 0 Å². The number of carbonyl (C=O) groups excluding carboxylic acids is 2. The number of Topliss-reactive ketones (excluding diaryl/α,β-unsaturated/α-hetero) is 1. The number of amides is 1. The summed E-state index contributed by atoms with van der Waals surface area (Å²) in [5, 5.41) is 11.1. The van der Waals surface area contributed by atoms with Crippen LogP contribution in [0.15, 0.2) is 11.8 Å². The zero-order chi connectivity index (χ0) is 18.3. The number of hydrogen-bond donors (Lipinski definition) is 4. The molecule has 0 spiro atoms. The van der Waals surface area contributed by atoms with Crippen LogP contribution in [0.25, 0.3) is 0 Å². The van der Waals surface area contributed by atoms with E-state index in [4.69, 9.17) is 5.84 Å². The number of allylic oxidation sites excluding steroid dienone is 1. The van der Waals surface area contributed by atoms with Gasteiger partial charge in [0.2, 0.25) is 5.91 Å². The van der Waals surface area contributed by atoms with Crippen molar-refractivity contribution in [3.05, 3.63) is 11.8 Å². The molecule has 0 aromatic carbocycles. The van der Waals surface area contributed by atoms with Gasteiger partial charge in [-0.2, -0.15) is 0 Å². The molecule has 0 unspecified atom stereocenters. The lowest BCUT2D eigenvalue weighted by Gasteiger charge is -2.36. The number of nitrogens with zero attached hydrogens (tertiary/aromatic N) is 1. The Bertz CT molecular complexity index is 588. The summed E-state index contributed by atoms with van der Waals surface area (Å²) >= 11 is 0. The van der Waals surface area contributed by atoms with Crippen molar-refractivity contribution in [2.75, 3.05) is 33.2 Å². The Kier molecular flexibility index (Phi) is 4.68. The van der Waals surface area contributed by atoms with Crippen molar-refractivity contribution >= 4 is 11.7 Å². The average Bonchev–Trinajstić information content (AvgIpc) is 3.42. The summed E-state index contributed by atoms with van der Waals surface area (Å²) in [5.74, 6) is 6.41. The monoisotopic (exact) mass is 349 g/mol. The standard InChI is InChI=1S/C18H31N5O2/c1-13(16-11-17(16,12-16)14(2)24)10-23(19)9-8-22-15(25)18(20-3)4-6-21-7-5-18/h10,20-21H,4-9,11-12,19H2,1-3H3,(H,22,25)/b13-10+. The molecule has 25 heavy (non-hydrogen) atoms. The molecule has 2 aliphatic carbocycles. The van der Waals surface area contributed by atoms with E-state index in [1.54, 1.807) is 11.9 Å². The maximum absolute atomic E-state index is 12.5. The summed E-state index contributed by atoms with van der Waals surface area (Å²) < 4.78 is 0. The van der Waals surface area contributed by atoms with Crippen LogP contribution in [0.3, 0.4) is 0 Å². The summed E-state index contributed by atoms with van der Waals surface area (Å²) in [6, 6.07) is 0. The van der Waals surface area contributed by atoms with Gasteiger partial charge in [-0.25, -0.2) is 5.84 Å². The highest BCUT2D eigenvalue weighted by Gasteiger charge is 2.86. The molecule has 0 aromatic heterocycles. The molecular formula is C18H31N5O2. The van der Waals surface area contributed by atoms with Crippen molar-refractivity contribution in [2.45, 2.75) is 45.1 Å². The van der Waals surface area contributed by atoms with Gasteiger partial charge in [-0.3, -0.25) is 9.59 Å². The SMILES string of the molecule is CNC1(C(=O)NCCN(N)/C=C(\C)C23CC2(C(C)=O)C3)CCNCC1. The molecule has 7 nitrogen and oxygen atoms in total. The quantitative estimate of drug-likeness (QED) is 0.361. The molecule has 0 radical (unpaired) electrons. The van der Waals surface area contributed by atoms with Gasteiger partial charge in [0.25, 0.3) is 0 Å². The third kappa shape index (κ3) is 2.98. The minimum absolute atomic E-state index is 0.0455. The predicted molar refractivity (Wildman–Crippen MR) is 96.3 cm³/mol. The first-order valence-electron chi connectivity index (χ1n) is 9.21. The van der Waals surface area contributed by atoms with Gasteiger partial charge in [0.1, 0.15) is 5.78 Å². The van der Waals surface area contributed by atoms with Crippen LogP contribution < -0.4 is 21.8 Å². The molecule has 1 aliphatic heterocycles. The highest BCUT2D eigenvalue weighted by Crippen LogP contribution is 2.89. The van der Waals surface area contributed by atoms with Crippen molar-refractivity contribution in [3.63, 3.8) is 0 Å². The van der Waals surface area contributed by atoms with Crippen LogP contribution in [-0.2, 0) is 9.59 Å². The summed E-state index contributed by atoms with van der Waals surface area (Å²) in [5.41, 5.74) is 0.724. The number of nitrogens with two attached hydrogens (primary N) is 1. The highest BCUT2D eigenvalue weighted by molar-refractivity contribution is 5.93. The molecule has 5 N–H and O–H groups in total. The van der Waals surface area contributed by atoms with E-state index in [1.807, 2.05) is 13.2 Å². The normalized spacial score (nSPS) is 32.6. The van der Waals surface area contributed by atoms with E-state index in [0.717, 1.165) is 38.8 Å². The lowest BCUT2D eigenvalue weighted by molar-refractivity contribution is -0.128. The van der Waals surface area contributed by atoms with Gasteiger partial charge < -0.3 is 21.0 Å². The number of likely N-dealkylation sites (N-methyl/N-ethyl adjacent to an activating group) is 1. The first kappa shape index (κ1) is 18.4. The average molecular weight is 349 g/mol. The number of carbonyl (C=O) groups is 2. The van der Waals surface area contributed by atoms with Gasteiger partial charge in [-0.05, 0) is 65.2 Å². The minimum atomic E-state index is -0.474. The number of hydrogen-bond acceptors (Lipinski definition) is 6. The Morgan fingerprint density at radius 2 is 1.84 bits per heavy atom. The van der Waals surface area contributed by atoms with E-state index in [-0.39, 0.29) is 16.7 Å². The second-order valence-electron chi connectivity index (χ2n) is 7.96. The van der Waals surface area contributed by atoms with E-state index < -0.39 is 5.54 Å². The fourth-order valence-corrected chi connectivity index (χ4v) is 4.48. The Morgan fingerprint density at radius 1 is 1.20 bits per heavy atom. The second-order valence-corrected chi connectivity index (χ2v) is 7.96. The largest absolute Gasteiger partial charge is 0.353 e. The van der Waals surface area contributed by atoms with Crippen LogP contribution >= 0.6 is 0 Å². The summed E-state index contributed by atoms with van der Waals surface area (Å²) in [4.78, 5) is 24.2. The van der Waals surface area contributed by atoms with Gasteiger partial charge in [-0.15, -0.1) is 0 Å². The summed E-state index contributed by atoms with van der Waals surface area (Å²) in [7, 11) is 1.85. The number of piperidine rings is 1. The van der Waals surface area contributed by atoms with E-state index in [9.17, 15) is 9.59 Å². The van der Waals surface area contributed by atoms with Crippen molar-refractivity contribution in [2.24, 2.45) is 16.7 Å². The van der Waals surface area contributed by atoms with E-state index in [2.05, 4.69) is 22.9 Å². The van der Waals surface area contributed by atoms with Crippen LogP contribution in [0.5, 0.6) is 0 Å². The maximum atomic E-state index is 12.5. The number of ketones is 1. The fourth-order valence-electron chi connectivity index (χ4n) is 4.48. The first-order chi connectivity index (χ1) is 11.8. The number of nitrogens with one attached hydrogen (secondary N) is 3. The van der Waals surface area contributed by atoms with E-state index in [1.165, 1.54) is 5.57 Å². The molecule has 0 bridgehead atoms.